The normalized spacial score (nSPS) is 24.1. The van der Waals surface area contributed by atoms with Gasteiger partial charge < -0.3 is 4.74 Å². The standard InChI is InChI=1S/C22H28N4OS2/c1-15-24-21(14-29-15)20-13-26(28)22-19(20)11-17(12-23-22)16-3-5-18(6-4-16)25-7-2-9-27-10-8-25/h11-14,16,18,28H,2-10H2,1H3/t16-,18-. The summed E-state index contributed by atoms with van der Waals surface area (Å²) in [6.45, 7) is 6.14. The maximum Gasteiger partial charge on any atom is 0.150 e. The van der Waals surface area contributed by atoms with Crippen LogP contribution in [-0.2, 0) is 4.74 Å². The fourth-order valence-corrected chi connectivity index (χ4v) is 5.81. The summed E-state index contributed by atoms with van der Waals surface area (Å²) in [7, 11) is 0. The molecular formula is C22H28N4OS2. The van der Waals surface area contributed by atoms with Crippen molar-refractivity contribution < 1.29 is 4.74 Å². The summed E-state index contributed by atoms with van der Waals surface area (Å²) in [5.41, 5.74) is 4.43. The van der Waals surface area contributed by atoms with E-state index < -0.39 is 0 Å². The number of pyridine rings is 1. The van der Waals surface area contributed by atoms with E-state index >= 15 is 0 Å². The van der Waals surface area contributed by atoms with Gasteiger partial charge in [0, 0.05) is 54.5 Å². The number of aromatic nitrogens is 3. The Bertz CT molecular complexity index is 982. The Morgan fingerprint density at radius 3 is 2.83 bits per heavy atom. The molecule has 0 atom stereocenters. The lowest BCUT2D eigenvalue weighted by Crippen LogP contribution is -2.39. The van der Waals surface area contributed by atoms with Crippen LogP contribution in [-0.4, -0.2) is 51.2 Å². The third kappa shape index (κ3) is 3.98. The molecule has 7 heteroatoms. The lowest BCUT2D eigenvalue weighted by atomic mass is 9.81. The molecule has 29 heavy (non-hydrogen) atoms. The predicted octanol–water partition coefficient (Wildman–Crippen LogP) is 4.91. The number of ether oxygens (including phenoxy) is 1. The Morgan fingerprint density at radius 1 is 1.17 bits per heavy atom. The van der Waals surface area contributed by atoms with E-state index in [4.69, 9.17) is 9.72 Å². The van der Waals surface area contributed by atoms with Gasteiger partial charge in [0.25, 0.3) is 0 Å². The Morgan fingerprint density at radius 2 is 2.03 bits per heavy atom. The molecule has 5 rings (SSSR count). The molecule has 1 saturated heterocycles. The first kappa shape index (κ1) is 19.5. The highest BCUT2D eigenvalue weighted by atomic mass is 32.1. The van der Waals surface area contributed by atoms with E-state index in [0.29, 0.717) is 5.92 Å². The lowest BCUT2D eigenvalue weighted by Gasteiger charge is -2.36. The number of hydrogen-bond acceptors (Lipinski definition) is 6. The molecule has 0 radical (unpaired) electrons. The van der Waals surface area contributed by atoms with Crippen molar-refractivity contribution in [3.63, 3.8) is 0 Å². The molecule has 0 aromatic carbocycles. The number of nitrogens with zero attached hydrogens (tertiary/aromatic N) is 4. The van der Waals surface area contributed by atoms with Gasteiger partial charge in [-0.05, 0) is 56.6 Å². The quantitative estimate of drug-likeness (QED) is 0.602. The fourth-order valence-electron chi connectivity index (χ4n) is 4.93. The summed E-state index contributed by atoms with van der Waals surface area (Å²) in [6.07, 6.45) is 10.3. The SMILES string of the molecule is Cc1nc(-c2cn(S)c3ncc([C@H]4CC[C@H](N5CCCOCC5)CC4)cc23)cs1. The van der Waals surface area contributed by atoms with Crippen molar-refractivity contribution in [3.05, 3.63) is 34.4 Å². The zero-order chi connectivity index (χ0) is 19.8. The molecule has 0 bridgehead atoms. The third-order valence-electron chi connectivity index (χ3n) is 6.48. The van der Waals surface area contributed by atoms with Crippen LogP contribution >= 0.6 is 24.2 Å². The van der Waals surface area contributed by atoms with Crippen molar-refractivity contribution in [2.45, 2.75) is 51.0 Å². The van der Waals surface area contributed by atoms with Crippen LogP contribution < -0.4 is 0 Å². The second-order valence-corrected chi connectivity index (χ2v) is 9.78. The molecule has 0 amide bonds. The highest BCUT2D eigenvalue weighted by Gasteiger charge is 2.27. The predicted molar refractivity (Wildman–Crippen MR) is 122 cm³/mol. The Kier molecular flexibility index (Phi) is 5.65. The summed E-state index contributed by atoms with van der Waals surface area (Å²) in [5, 5.41) is 4.37. The van der Waals surface area contributed by atoms with Crippen LogP contribution in [0.1, 0.15) is 48.6 Å². The minimum Gasteiger partial charge on any atom is -0.380 e. The van der Waals surface area contributed by atoms with Gasteiger partial charge in [0.1, 0.15) is 5.65 Å². The molecule has 1 aliphatic heterocycles. The molecule has 4 heterocycles. The Labute approximate surface area is 181 Å². The fraction of sp³-hybridized carbons (Fsp3) is 0.545. The molecule has 3 aromatic heterocycles. The summed E-state index contributed by atoms with van der Waals surface area (Å²) in [5.74, 6) is 0.597. The van der Waals surface area contributed by atoms with E-state index in [-0.39, 0.29) is 0 Å². The minimum atomic E-state index is 0.597. The topological polar surface area (TPSA) is 43.2 Å². The van der Waals surface area contributed by atoms with Crippen molar-refractivity contribution in [2.24, 2.45) is 0 Å². The van der Waals surface area contributed by atoms with E-state index in [1.54, 1.807) is 11.3 Å². The first-order valence-electron chi connectivity index (χ1n) is 10.6. The highest BCUT2D eigenvalue weighted by Crippen LogP contribution is 2.38. The molecule has 2 fully saturated rings. The second kappa shape index (κ2) is 8.38. The van der Waals surface area contributed by atoms with Crippen molar-refractivity contribution in [1.29, 1.82) is 0 Å². The van der Waals surface area contributed by atoms with Gasteiger partial charge in [0.05, 0.1) is 17.3 Å². The van der Waals surface area contributed by atoms with Crippen molar-refractivity contribution >= 4 is 35.2 Å². The largest absolute Gasteiger partial charge is 0.380 e. The summed E-state index contributed by atoms with van der Waals surface area (Å²) in [4.78, 5) is 12.1. The Balaban J connectivity index is 1.36. The molecule has 0 N–H and O–H groups in total. The summed E-state index contributed by atoms with van der Waals surface area (Å²) in [6, 6.07) is 3.06. The van der Waals surface area contributed by atoms with Crippen molar-refractivity contribution in [2.75, 3.05) is 26.3 Å². The zero-order valence-electron chi connectivity index (χ0n) is 16.9. The van der Waals surface area contributed by atoms with E-state index in [2.05, 4.69) is 40.3 Å². The second-order valence-electron chi connectivity index (χ2n) is 8.29. The van der Waals surface area contributed by atoms with Gasteiger partial charge in [0.15, 0.2) is 0 Å². The molecule has 3 aromatic rings. The minimum absolute atomic E-state index is 0.597. The number of thiazole rings is 1. The van der Waals surface area contributed by atoms with Crippen LogP contribution in [0.15, 0.2) is 23.8 Å². The maximum atomic E-state index is 5.64. The first-order chi connectivity index (χ1) is 14.2. The molecule has 154 valence electrons. The number of aryl methyl sites for hydroxylation is 1. The van der Waals surface area contributed by atoms with Gasteiger partial charge in [-0.15, -0.1) is 11.3 Å². The summed E-state index contributed by atoms with van der Waals surface area (Å²) >= 11 is 6.27. The van der Waals surface area contributed by atoms with Crippen LogP contribution in [0.3, 0.4) is 0 Å². The van der Waals surface area contributed by atoms with Gasteiger partial charge in [-0.3, -0.25) is 8.87 Å². The van der Waals surface area contributed by atoms with Gasteiger partial charge in [-0.25, -0.2) is 9.97 Å². The number of fused-ring (bicyclic) bond motifs is 1. The van der Waals surface area contributed by atoms with Gasteiger partial charge >= 0.3 is 0 Å². The molecular weight excluding hydrogens is 400 g/mol. The van der Waals surface area contributed by atoms with Crippen molar-refractivity contribution in [1.82, 2.24) is 18.8 Å². The summed E-state index contributed by atoms with van der Waals surface area (Å²) < 4.78 is 7.46. The van der Waals surface area contributed by atoms with Crippen LogP contribution in [0.5, 0.6) is 0 Å². The monoisotopic (exact) mass is 428 g/mol. The molecule has 2 aliphatic rings. The van der Waals surface area contributed by atoms with E-state index in [1.165, 1.54) is 44.2 Å². The van der Waals surface area contributed by atoms with Crippen LogP contribution in [0.25, 0.3) is 22.3 Å². The third-order valence-corrected chi connectivity index (χ3v) is 7.56. The average molecular weight is 429 g/mol. The van der Waals surface area contributed by atoms with E-state index in [0.717, 1.165) is 53.1 Å². The maximum absolute atomic E-state index is 5.64. The number of hydrogen-bond donors (Lipinski definition) is 1. The van der Waals surface area contributed by atoms with Crippen LogP contribution in [0.4, 0.5) is 0 Å². The molecule has 1 saturated carbocycles. The number of thiol groups is 1. The highest BCUT2D eigenvalue weighted by molar-refractivity contribution is 7.78. The van der Waals surface area contributed by atoms with E-state index in [9.17, 15) is 0 Å². The lowest BCUT2D eigenvalue weighted by molar-refractivity contribution is 0.118. The molecule has 0 unspecified atom stereocenters. The Hall–Kier alpha value is -1.41. The molecule has 5 nitrogen and oxygen atoms in total. The van der Waals surface area contributed by atoms with Gasteiger partial charge in [0.2, 0.25) is 0 Å². The average Bonchev–Trinajstić information content (AvgIpc) is 3.19. The number of rotatable bonds is 3. The molecule has 1 aliphatic carbocycles. The van der Waals surface area contributed by atoms with Crippen LogP contribution in [0.2, 0.25) is 0 Å². The zero-order valence-corrected chi connectivity index (χ0v) is 18.6. The van der Waals surface area contributed by atoms with Gasteiger partial charge in [-0.1, -0.05) is 12.8 Å². The molecule has 0 spiro atoms. The van der Waals surface area contributed by atoms with Gasteiger partial charge in [-0.2, -0.15) is 0 Å². The van der Waals surface area contributed by atoms with Crippen molar-refractivity contribution in [3.8, 4) is 11.3 Å². The smallest absolute Gasteiger partial charge is 0.150 e. The first-order valence-corrected chi connectivity index (χ1v) is 11.9. The van der Waals surface area contributed by atoms with E-state index in [1.807, 2.05) is 17.1 Å². The van der Waals surface area contributed by atoms with Crippen LogP contribution in [0, 0.1) is 6.92 Å².